The number of carbonyl (C=O) groups is 4. The van der Waals surface area contributed by atoms with Crippen molar-refractivity contribution in [1.82, 2.24) is 5.32 Å². The zero-order valence-electron chi connectivity index (χ0n) is 23.0. The van der Waals surface area contributed by atoms with Crippen LogP contribution >= 0.6 is 11.8 Å². The molecule has 0 spiro atoms. The number of nitrogens with one attached hydrogen (secondary N) is 3. The zero-order valence-corrected chi connectivity index (χ0v) is 23.9. The van der Waals surface area contributed by atoms with E-state index in [0.29, 0.717) is 33.8 Å². The molecular weight excluding hydrogens is 550 g/mol. The molecule has 0 heterocycles. The van der Waals surface area contributed by atoms with Crippen molar-refractivity contribution >= 4 is 52.7 Å². The molecule has 0 aliphatic rings. The van der Waals surface area contributed by atoms with Crippen molar-refractivity contribution in [3.8, 4) is 5.75 Å². The summed E-state index contributed by atoms with van der Waals surface area (Å²) in [5, 5.41) is 8.34. The van der Waals surface area contributed by atoms with Gasteiger partial charge in [-0.2, -0.15) is 0 Å². The van der Waals surface area contributed by atoms with Gasteiger partial charge in [-0.15, -0.1) is 11.8 Å². The summed E-state index contributed by atoms with van der Waals surface area (Å²) in [4.78, 5) is 50.7. The molecule has 8 nitrogen and oxygen atoms in total. The largest absolute Gasteiger partial charge is 0.497 e. The topological polar surface area (TPSA) is 114 Å². The Bertz CT molecular complexity index is 1580. The normalized spacial score (nSPS) is 10.9. The van der Waals surface area contributed by atoms with E-state index in [-0.39, 0.29) is 23.1 Å². The summed E-state index contributed by atoms with van der Waals surface area (Å²) in [6, 6.07) is 29.5. The Morgan fingerprint density at radius 2 is 1.36 bits per heavy atom. The van der Waals surface area contributed by atoms with E-state index in [2.05, 4.69) is 16.0 Å². The van der Waals surface area contributed by atoms with Gasteiger partial charge < -0.3 is 20.7 Å². The lowest BCUT2D eigenvalue weighted by Gasteiger charge is -2.12. The Morgan fingerprint density at radius 1 is 0.738 bits per heavy atom. The average Bonchev–Trinajstić information content (AvgIpc) is 3.01. The lowest BCUT2D eigenvalue weighted by Crippen LogP contribution is -2.30. The highest BCUT2D eigenvalue weighted by atomic mass is 32.2. The smallest absolute Gasteiger partial charge is 0.272 e. The van der Waals surface area contributed by atoms with Crippen LogP contribution in [0.4, 0.5) is 11.4 Å². The second-order valence-corrected chi connectivity index (χ2v) is 10.1. The number of methoxy groups -OCH3 is 1. The van der Waals surface area contributed by atoms with Gasteiger partial charge in [0.25, 0.3) is 11.8 Å². The summed E-state index contributed by atoms with van der Waals surface area (Å²) < 4.78 is 5.20. The van der Waals surface area contributed by atoms with Crippen LogP contribution in [0.25, 0.3) is 6.08 Å². The van der Waals surface area contributed by atoms with Crippen LogP contribution in [0.5, 0.6) is 5.75 Å². The molecule has 4 rings (SSSR count). The predicted octanol–water partition coefficient (Wildman–Crippen LogP) is 6.04. The van der Waals surface area contributed by atoms with E-state index in [4.69, 9.17) is 4.74 Å². The molecule has 0 unspecified atom stereocenters. The summed E-state index contributed by atoms with van der Waals surface area (Å²) >= 11 is 1.34. The fraction of sp³-hybridized carbons (Fsp3) is 0.0909. The zero-order chi connectivity index (χ0) is 29.9. The van der Waals surface area contributed by atoms with Crippen molar-refractivity contribution in [2.75, 3.05) is 23.5 Å². The first-order chi connectivity index (χ1) is 20.3. The molecule has 3 amide bonds. The number of carbonyl (C=O) groups excluding carboxylic acids is 4. The molecule has 4 aromatic rings. The Hall–Kier alpha value is -5.15. The molecule has 4 aromatic carbocycles. The SMILES string of the molecule is COc1ccc(/C=C(\NC(=O)c2ccccc2)C(=O)Nc2ccc(SCC(=O)Nc3ccc(C(C)=O)cc3)cc2)cc1. The molecule has 0 bridgehead atoms. The Labute approximate surface area is 248 Å². The molecular formula is C33H29N3O5S. The molecule has 0 aromatic heterocycles. The van der Waals surface area contributed by atoms with Crippen molar-refractivity contribution in [2.45, 2.75) is 11.8 Å². The molecule has 0 saturated heterocycles. The lowest BCUT2D eigenvalue weighted by molar-refractivity contribution is -0.114. The van der Waals surface area contributed by atoms with Crippen molar-refractivity contribution in [1.29, 1.82) is 0 Å². The third-order valence-electron chi connectivity index (χ3n) is 6.01. The van der Waals surface area contributed by atoms with Gasteiger partial charge in [-0.1, -0.05) is 30.3 Å². The first-order valence-electron chi connectivity index (χ1n) is 13.0. The molecule has 0 aliphatic carbocycles. The van der Waals surface area contributed by atoms with Crippen molar-refractivity contribution in [3.05, 3.63) is 126 Å². The summed E-state index contributed by atoms with van der Waals surface area (Å²) in [7, 11) is 1.57. The maximum absolute atomic E-state index is 13.2. The van der Waals surface area contributed by atoms with Gasteiger partial charge in [0.1, 0.15) is 11.4 Å². The highest BCUT2D eigenvalue weighted by molar-refractivity contribution is 8.00. The van der Waals surface area contributed by atoms with E-state index in [1.165, 1.54) is 18.7 Å². The maximum atomic E-state index is 13.2. The molecule has 42 heavy (non-hydrogen) atoms. The van der Waals surface area contributed by atoms with Crippen LogP contribution in [0.1, 0.15) is 33.2 Å². The molecule has 0 saturated carbocycles. The average molecular weight is 580 g/mol. The van der Waals surface area contributed by atoms with Crippen LogP contribution in [0, 0.1) is 0 Å². The number of rotatable bonds is 11. The third kappa shape index (κ3) is 8.67. The van der Waals surface area contributed by atoms with Gasteiger partial charge in [-0.3, -0.25) is 19.2 Å². The highest BCUT2D eigenvalue weighted by Gasteiger charge is 2.15. The van der Waals surface area contributed by atoms with Gasteiger partial charge in [-0.05, 0) is 91.4 Å². The van der Waals surface area contributed by atoms with Crippen LogP contribution in [0.3, 0.4) is 0 Å². The fourth-order valence-corrected chi connectivity index (χ4v) is 4.47. The lowest BCUT2D eigenvalue weighted by atomic mass is 10.1. The molecule has 0 fully saturated rings. The molecule has 9 heteroatoms. The van der Waals surface area contributed by atoms with E-state index in [1.54, 1.807) is 116 Å². The van der Waals surface area contributed by atoms with Crippen LogP contribution < -0.4 is 20.7 Å². The fourth-order valence-electron chi connectivity index (χ4n) is 3.78. The Morgan fingerprint density at radius 3 is 1.98 bits per heavy atom. The Balaban J connectivity index is 1.38. The highest BCUT2D eigenvalue weighted by Crippen LogP contribution is 2.22. The standard InChI is InChI=1S/C33H29N3O5S/c1-22(37)24-10-12-26(13-11-24)34-31(38)21-42-29-18-14-27(15-19-29)35-33(40)30(20-23-8-16-28(41-2)17-9-23)36-32(39)25-6-4-3-5-7-25/h3-20H,21H2,1-2H3,(H,34,38)(H,35,40)(H,36,39)/b30-20-. The van der Waals surface area contributed by atoms with Gasteiger partial charge in [0.15, 0.2) is 5.78 Å². The first-order valence-corrected chi connectivity index (χ1v) is 14.0. The van der Waals surface area contributed by atoms with E-state index in [0.717, 1.165) is 4.90 Å². The van der Waals surface area contributed by atoms with Crippen molar-refractivity contribution in [3.63, 3.8) is 0 Å². The van der Waals surface area contributed by atoms with Gasteiger partial charge >= 0.3 is 0 Å². The number of hydrogen-bond donors (Lipinski definition) is 3. The second kappa shape index (κ2) is 14.5. The van der Waals surface area contributed by atoms with Gasteiger partial charge in [0, 0.05) is 27.4 Å². The Kier molecular flexibility index (Phi) is 10.3. The molecule has 0 atom stereocenters. The number of Topliss-reactive ketones (excluding diaryl/α,β-unsaturated/α-hetero) is 1. The van der Waals surface area contributed by atoms with Crippen LogP contribution in [-0.2, 0) is 9.59 Å². The second-order valence-electron chi connectivity index (χ2n) is 9.10. The molecule has 212 valence electrons. The number of benzene rings is 4. The van der Waals surface area contributed by atoms with Crippen LogP contribution in [0.2, 0.25) is 0 Å². The summed E-state index contributed by atoms with van der Waals surface area (Å²) in [5.74, 6) is -0.276. The van der Waals surface area contributed by atoms with Gasteiger partial charge in [0.2, 0.25) is 5.91 Å². The first kappa shape index (κ1) is 29.8. The number of hydrogen-bond acceptors (Lipinski definition) is 6. The third-order valence-corrected chi connectivity index (χ3v) is 7.02. The quantitative estimate of drug-likeness (QED) is 0.113. The van der Waals surface area contributed by atoms with Crippen molar-refractivity contribution < 1.29 is 23.9 Å². The van der Waals surface area contributed by atoms with E-state index in [1.807, 2.05) is 0 Å². The minimum atomic E-state index is -0.495. The summed E-state index contributed by atoms with van der Waals surface area (Å²) in [6.07, 6.45) is 1.59. The monoisotopic (exact) mass is 579 g/mol. The predicted molar refractivity (Wildman–Crippen MR) is 166 cm³/mol. The van der Waals surface area contributed by atoms with E-state index < -0.39 is 11.8 Å². The minimum Gasteiger partial charge on any atom is -0.497 e. The van der Waals surface area contributed by atoms with Crippen molar-refractivity contribution in [2.24, 2.45) is 0 Å². The van der Waals surface area contributed by atoms with Gasteiger partial charge in [0.05, 0.1) is 12.9 Å². The van der Waals surface area contributed by atoms with Crippen LogP contribution in [0.15, 0.2) is 114 Å². The molecule has 3 N–H and O–H groups in total. The van der Waals surface area contributed by atoms with Gasteiger partial charge in [-0.25, -0.2) is 0 Å². The number of ketones is 1. The number of anilines is 2. The summed E-state index contributed by atoms with van der Waals surface area (Å²) in [5.41, 5.74) is 2.91. The number of thioether (sulfide) groups is 1. The van der Waals surface area contributed by atoms with Crippen LogP contribution in [-0.4, -0.2) is 36.4 Å². The molecule has 0 aliphatic heterocycles. The number of amides is 3. The minimum absolute atomic E-state index is 0.0375. The number of ether oxygens (including phenoxy) is 1. The summed E-state index contributed by atoms with van der Waals surface area (Å²) in [6.45, 7) is 1.49. The molecule has 0 radical (unpaired) electrons. The van der Waals surface area contributed by atoms with E-state index >= 15 is 0 Å². The maximum Gasteiger partial charge on any atom is 0.272 e. The van der Waals surface area contributed by atoms with E-state index in [9.17, 15) is 19.2 Å².